The van der Waals surface area contributed by atoms with Crippen LogP contribution in [0.3, 0.4) is 0 Å². The Bertz CT molecular complexity index is 831. The van der Waals surface area contributed by atoms with Crippen LogP contribution in [0.4, 0.5) is 11.4 Å². The highest BCUT2D eigenvalue weighted by molar-refractivity contribution is 7.18. The van der Waals surface area contributed by atoms with E-state index in [0.29, 0.717) is 20.6 Å². The lowest BCUT2D eigenvalue weighted by Gasteiger charge is -2.17. The first-order valence-corrected chi connectivity index (χ1v) is 7.43. The van der Waals surface area contributed by atoms with E-state index in [4.69, 9.17) is 17.3 Å². The molecule has 0 spiro atoms. The summed E-state index contributed by atoms with van der Waals surface area (Å²) in [6.07, 6.45) is 1.67. The zero-order valence-electron chi connectivity index (χ0n) is 11.2. The van der Waals surface area contributed by atoms with Crippen molar-refractivity contribution in [2.24, 2.45) is 0 Å². The van der Waals surface area contributed by atoms with Crippen molar-refractivity contribution in [3.8, 4) is 0 Å². The largest absolute Gasteiger partial charge is 0.397 e. The van der Waals surface area contributed by atoms with Gasteiger partial charge in [-0.05, 0) is 18.2 Å². The SMILES string of the molecule is CN(C(=O)c1sc(Cl)cc1N)c1cnc2ccccc2c1. The molecular formula is C15H12ClN3OS. The number of hydrogen-bond donors (Lipinski definition) is 1. The highest BCUT2D eigenvalue weighted by Crippen LogP contribution is 2.31. The van der Waals surface area contributed by atoms with E-state index in [1.165, 1.54) is 16.2 Å². The van der Waals surface area contributed by atoms with Gasteiger partial charge in [0.15, 0.2) is 0 Å². The fourth-order valence-corrected chi connectivity index (χ4v) is 3.18. The van der Waals surface area contributed by atoms with Crippen molar-refractivity contribution in [2.45, 2.75) is 0 Å². The Morgan fingerprint density at radius 2 is 2.10 bits per heavy atom. The molecule has 0 bridgehead atoms. The molecule has 21 heavy (non-hydrogen) atoms. The molecule has 6 heteroatoms. The molecule has 3 aromatic rings. The normalized spacial score (nSPS) is 10.8. The average molecular weight is 318 g/mol. The van der Waals surface area contributed by atoms with Crippen LogP contribution in [-0.2, 0) is 0 Å². The minimum Gasteiger partial charge on any atom is -0.397 e. The third-order valence-electron chi connectivity index (χ3n) is 3.19. The number of carbonyl (C=O) groups excluding carboxylic acids is 1. The Morgan fingerprint density at radius 3 is 2.81 bits per heavy atom. The molecule has 0 aliphatic rings. The van der Waals surface area contributed by atoms with Gasteiger partial charge in [-0.3, -0.25) is 9.78 Å². The van der Waals surface area contributed by atoms with Crippen LogP contribution in [0.5, 0.6) is 0 Å². The summed E-state index contributed by atoms with van der Waals surface area (Å²) in [7, 11) is 1.70. The molecule has 2 heterocycles. The summed E-state index contributed by atoms with van der Waals surface area (Å²) < 4.78 is 0.501. The number of para-hydroxylation sites is 1. The highest BCUT2D eigenvalue weighted by atomic mass is 35.5. The number of nitrogens with two attached hydrogens (primary N) is 1. The van der Waals surface area contributed by atoms with E-state index in [2.05, 4.69) is 4.98 Å². The monoisotopic (exact) mass is 317 g/mol. The molecule has 3 rings (SSSR count). The summed E-state index contributed by atoms with van der Waals surface area (Å²) >= 11 is 7.07. The highest BCUT2D eigenvalue weighted by Gasteiger charge is 2.19. The Labute approximate surface area is 130 Å². The van der Waals surface area contributed by atoms with E-state index in [-0.39, 0.29) is 5.91 Å². The van der Waals surface area contributed by atoms with Crippen molar-refractivity contribution < 1.29 is 4.79 Å². The van der Waals surface area contributed by atoms with Gasteiger partial charge in [-0.15, -0.1) is 11.3 Å². The fraction of sp³-hybridized carbons (Fsp3) is 0.0667. The van der Waals surface area contributed by atoms with Gasteiger partial charge in [0.05, 0.1) is 27.4 Å². The second-order valence-corrected chi connectivity index (χ2v) is 6.27. The lowest BCUT2D eigenvalue weighted by molar-refractivity contribution is 0.0997. The fourth-order valence-electron chi connectivity index (χ4n) is 2.05. The second kappa shape index (κ2) is 5.35. The Hall–Kier alpha value is -2.11. The number of nitrogen functional groups attached to an aromatic ring is 1. The number of thiophene rings is 1. The first-order chi connectivity index (χ1) is 10.1. The number of pyridine rings is 1. The van der Waals surface area contributed by atoms with Crippen LogP contribution in [0, 0.1) is 0 Å². The Morgan fingerprint density at radius 1 is 1.33 bits per heavy atom. The summed E-state index contributed by atoms with van der Waals surface area (Å²) in [4.78, 5) is 18.8. The van der Waals surface area contributed by atoms with Crippen LogP contribution in [0.2, 0.25) is 4.34 Å². The third kappa shape index (κ3) is 2.57. The minimum absolute atomic E-state index is 0.193. The number of fused-ring (bicyclic) bond motifs is 1. The van der Waals surface area contributed by atoms with Crippen molar-refractivity contribution in [1.82, 2.24) is 4.98 Å². The van der Waals surface area contributed by atoms with Gasteiger partial charge in [0.2, 0.25) is 0 Å². The predicted molar refractivity (Wildman–Crippen MR) is 88.2 cm³/mol. The van der Waals surface area contributed by atoms with Crippen molar-refractivity contribution in [3.63, 3.8) is 0 Å². The molecule has 0 saturated heterocycles. The summed E-state index contributed by atoms with van der Waals surface area (Å²) in [5.74, 6) is -0.193. The number of rotatable bonds is 2. The molecule has 0 atom stereocenters. The smallest absolute Gasteiger partial charge is 0.270 e. The maximum absolute atomic E-state index is 12.5. The molecule has 1 amide bonds. The van der Waals surface area contributed by atoms with Crippen LogP contribution in [-0.4, -0.2) is 17.9 Å². The minimum atomic E-state index is -0.193. The average Bonchev–Trinajstić information content (AvgIpc) is 2.84. The van der Waals surface area contributed by atoms with Gasteiger partial charge in [0.1, 0.15) is 4.88 Å². The molecule has 106 valence electrons. The van der Waals surface area contributed by atoms with Gasteiger partial charge in [-0.2, -0.15) is 0 Å². The topological polar surface area (TPSA) is 59.2 Å². The quantitative estimate of drug-likeness (QED) is 0.782. The van der Waals surface area contributed by atoms with E-state index < -0.39 is 0 Å². The van der Waals surface area contributed by atoms with Crippen molar-refractivity contribution >= 4 is 51.1 Å². The summed E-state index contributed by atoms with van der Waals surface area (Å²) in [5, 5.41) is 0.979. The molecule has 0 saturated carbocycles. The standard InChI is InChI=1S/C15H12ClN3OS/c1-19(15(20)14-11(17)7-13(16)21-14)10-6-9-4-2-3-5-12(9)18-8-10/h2-8H,17H2,1H3. The number of nitrogens with zero attached hydrogens (tertiary/aromatic N) is 2. The second-order valence-electron chi connectivity index (χ2n) is 4.59. The van der Waals surface area contributed by atoms with Crippen LogP contribution in [0.1, 0.15) is 9.67 Å². The molecule has 0 unspecified atom stereocenters. The predicted octanol–water partition coefficient (Wildman–Crippen LogP) is 3.81. The molecule has 0 radical (unpaired) electrons. The summed E-state index contributed by atoms with van der Waals surface area (Å²) in [6, 6.07) is 11.3. The first kappa shape index (κ1) is 13.9. The van der Waals surface area contributed by atoms with E-state index in [0.717, 1.165) is 10.9 Å². The molecule has 4 nitrogen and oxygen atoms in total. The Balaban J connectivity index is 1.97. The maximum atomic E-state index is 12.5. The Kier molecular flexibility index (Phi) is 3.53. The zero-order chi connectivity index (χ0) is 15.0. The number of aromatic nitrogens is 1. The molecule has 0 fully saturated rings. The lowest BCUT2D eigenvalue weighted by atomic mass is 10.2. The number of hydrogen-bond acceptors (Lipinski definition) is 4. The number of benzene rings is 1. The van der Waals surface area contributed by atoms with Crippen molar-refractivity contribution in [2.75, 3.05) is 17.7 Å². The van der Waals surface area contributed by atoms with Crippen LogP contribution < -0.4 is 10.6 Å². The van der Waals surface area contributed by atoms with Gasteiger partial charge in [0, 0.05) is 12.4 Å². The summed E-state index contributed by atoms with van der Waals surface area (Å²) in [6.45, 7) is 0. The van der Waals surface area contributed by atoms with Crippen molar-refractivity contribution in [1.29, 1.82) is 0 Å². The lowest BCUT2D eigenvalue weighted by Crippen LogP contribution is -2.26. The number of carbonyl (C=O) groups is 1. The van der Waals surface area contributed by atoms with Gasteiger partial charge in [0.25, 0.3) is 5.91 Å². The zero-order valence-corrected chi connectivity index (χ0v) is 12.8. The number of anilines is 2. The van der Waals surface area contributed by atoms with Crippen LogP contribution in [0.25, 0.3) is 10.9 Å². The molecule has 0 aliphatic carbocycles. The molecule has 2 N–H and O–H groups in total. The van der Waals surface area contributed by atoms with Crippen LogP contribution >= 0.6 is 22.9 Å². The van der Waals surface area contributed by atoms with Crippen LogP contribution in [0.15, 0.2) is 42.6 Å². The van der Waals surface area contributed by atoms with Gasteiger partial charge < -0.3 is 10.6 Å². The first-order valence-electron chi connectivity index (χ1n) is 6.24. The van der Waals surface area contributed by atoms with Crippen molar-refractivity contribution in [3.05, 3.63) is 51.8 Å². The molecule has 0 aliphatic heterocycles. The third-order valence-corrected chi connectivity index (χ3v) is 4.46. The van der Waals surface area contributed by atoms with E-state index in [1.54, 1.807) is 19.3 Å². The van der Waals surface area contributed by atoms with E-state index >= 15 is 0 Å². The van der Waals surface area contributed by atoms with E-state index in [1.807, 2.05) is 30.3 Å². The van der Waals surface area contributed by atoms with Gasteiger partial charge >= 0.3 is 0 Å². The maximum Gasteiger partial charge on any atom is 0.270 e. The van der Waals surface area contributed by atoms with E-state index in [9.17, 15) is 4.79 Å². The van der Waals surface area contributed by atoms with Gasteiger partial charge in [-0.1, -0.05) is 29.8 Å². The number of halogens is 1. The number of amides is 1. The molecule has 2 aromatic heterocycles. The molecular weight excluding hydrogens is 306 g/mol. The van der Waals surface area contributed by atoms with Gasteiger partial charge in [-0.25, -0.2) is 0 Å². The summed E-state index contributed by atoms with van der Waals surface area (Å²) in [5.41, 5.74) is 7.81. The molecule has 1 aromatic carbocycles.